The summed E-state index contributed by atoms with van der Waals surface area (Å²) in [4.78, 5) is 4.84. The third-order valence-electron chi connectivity index (χ3n) is 4.81. The summed E-state index contributed by atoms with van der Waals surface area (Å²) in [5, 5.41) is 1.91. The number of benzene rings is 2. The van der Waals surface area contributed by atoms with Crippen LogP contribution in [-0.2, 0) is 4.74 Å². The molecule has 1 aromatic heterocycles. The van der Waals surface area contributed by atoms with Crippen LogP contribution in [0.15, 0.2) is 57.9 Å². The molecular formula is C22H23NO4. The molecule has 27 heavy (non-hydrogen) atoms. The minimum Gasteiger partial charge on any atom is -0.493 e. The normalized spacial score (nSPS) is 17.4. The van der Waals surface area contributed by atoms with E-state index in [1.807, 2.05) is 48.5 Å². The second-order valence-corrected chi connectivity index (χ2v) is 6.54. The van der Waals surface area contributed by atoms with Gasteiger partial charge in [-0.25, -0.2) is 0 Å². The highest BCUT2D eigenvalue weighted by Gasteiger charge is 2.15. The van der Waals surface area contributed by atoms with Crippen LogP contribution in [0.4, 0.5) is 0 Å². The smallest absolute Gasteiger partial charge is 0.161 e. The number of methoxy groups -OCH3 is 2. The van der Waals surface area contributed by atoms with Gasteiger partial charge in [0.1, 0.15) is 11.3 Å². The average Bonchev–Trinajstić information content (AvgIpc) is 3.25. The van der Waals surface area contributed by atoms with E-state index in [4.69, 9.17) is 23.6 Å². The molecule has 0 bridgehead atoms. The summed E-state index contributed by atoms with van der Waals surface area (Å²) in [5.41, 5.74) is 1.71. The molecule has 2 aromatic carbocycles. The lowest BCUT2D eigenvalue weighted by Gasteiger charge is -2.10. The molecule has 1 fully saturated rings. The zero-order valence-corrected chi connectivity index (χ0v) is 15.6. The molecule has 5 heteroatoms. The first-order valence-electron chi connectivity index (χ1n) is 9.16. The van der Waals surface area contributed by atoms with Crippen molar-refractivity contribution in [1.82, 2.24) is 0 Å². The van der Waals surface area contributed by atoms with Crippen LogP contribution >= 0.6 is 0 Å². The van der Waals surface area contributed by atoms with E-state index in [9.17, 15) is 0 Å². The van der Waals surface area contributed by atoms with Gasteiger partial charge in [-0.05, 0) is 43.2 Å². The lowest BCUT2D eigenvalue weighted by atomic mass is 10.1. The van der Waals surface area contributed by atoms with E-state index >= 15 is 0 Å². The Balaban J connectivity index is 1.80. The summed E-state index contributed by atoms with van der Waals surface area (Å²) in [7, 11) is 3.25. The third-order valence-corrected chi connectivity index (χ3v) is 4.81. The monoisotopic (exact) mass is 365 g/mol. The Bertz CT molecular complexity index is 1000. The molecule has 1 atom stereocenters. The van der Waals surface area contributed by atoms with Gasteiger partial charge in [0.15, 0.2) is 11.5 Å². The van der Waals surface area contributed by atoms with Crippen molar-refractivity contribution in [3.8, 4) is 22.8 Å². The molecule has 140 valence electrons. The Morgan fingerprint density at radius 1 is 1.04 bits per heavy atom. The van der Waals surface area contributed by atoms with Crippen LogP contribution in [-0.4, -0.2) is 33.5 Å². The van der Waals surface area contributed by atoms with Crippen LogP contribution < -0.4 is 14.8 Å². The first-order valence-corrected chi connectivity index (χ1v) is 9.16. The number of rotatable bonds is 5. The molecule has 0 spiro atoms. The molecule has 5 nitrogen and oxygen atoms in total. The fourth-order valence-corrected chi connectivity index (χ4v) is 3.37. The van der Waals surface area contributed by atoms with Gasteiger partial charge in [-0.1, -0.05) is 12.1 Å². The zero-order chi connectivity index (χ0) is 18.6. The van der Waals surface area contributed by atoms with Crippen molar-refractivity contribution in [1.29, 1.82) is 0 Å². The van der Waals surface area contributed by atoms with Crippen molar-refractivity contribution in [2.75, 3.05) is 27.4 Å². The molecule has 0 aliphatic carbocycles. The maximum Gasteiger partial charge on any atom is 0.161 e. The zero-order valence-electron chi connectivity index (χ0n) is 15.6. The minimum atomic E-state index is 0.213. The molecule has 0 N–H and O–H groups in total. The fourth-order valence-electron chi connectivity index (χ4n) is 3.37. The second-order valence-electron chi connectivity index (χ2n) is 6.54. The minimum absolute atomic E-state index is 0.213. The third kappa shape index (κ3) is 3.69. The second kappa shape index (κ2) is 7.84. The molecule has 1 aliphatic heterocycles. The van der Waals surface area contributed by atoms with E-state index in [0.29, 0.717) is 18.0 Å². The largest absolute Gasteiger partial charge is 0.493 e. The number of hydrogen-bond acceptors (Lipinski definition) is 5. The summed E-state index contributed by atoms with van der Waals surface area (Å²) in [5.74, 6) is 2.09. The SMILES string of the molecule is COc1ccc(-c2cc(=NC[C@@H]3CCCO3)c3ccccc3o2)cc1OC. The van der Waals surface area contributed by atoms with Gasteiger partial charge in [0.05, 0.1) is 32.2 Å². The molecule has 0 unspecified atom stereocenters. The molecular weight excluding hydrogens is 342 g/mol. The average molecular weight is 365 g/mol. The van der Waals surface area contributed by atoms with Crippen LogP contribution in [0.2, 0.25) is 0 Å². The van der Waals surface area contributed by atoms with Gasteiger partial charge in [-0.3, -0.25) is 4.99 Å². The quantitative estimate of drug-likeness (QED) is 0.680. The van der Waals surface area contributed by atoms with Crippen molar-refractivity contribution < 1.29 is 18.6 Å². The van der Waals surface area contributed by atoms with E-state index in [-0.39, 0.29) is 6.10 Å². The van der Waals surface area contributed by atoms with Crippen molar-refractivity contribution in [2.45, 2.75) is 18.9 Å². The highest BCUT2D eigenvalue weighted by molar-refractivity contribution is 5.78. The van der Waals surface area contributed by atoms with Crippen molar-refractivity contribution in [2.24, 2.45) is 4.99 Å². The molecule has 1 aliphatic rings. The molecule has 4 rings (SSSR count). The Hall–Kier alpha value is -2.79. The van der Waals surface area contributed by atoms with E-state index in [0.717, 1.165) is 47.1 Å². The van der Waals surface area contributed by atoms with Crippen LogP contribution in [0.5, 0.6) is 11.5 Å². The maximum absolute atomic E-state index is 6.15. The predicted molar refractivity (Wildman–Crippen MR) is 104 cm³/mol. The number of para-hydroxylation sites is 1. The summed E-state index contributed by atoms with van der Waals surface area (Å²) in [6.45, 7) is 1.50. The Morgan fingerprint density at radius 3 is 2.67 bits per heavy atom. The first-order chi connectivity index (χ1) is 13.3. The van der Waals surface area contributed by atoms with Gasteiger partial charge in [0.25, 0.3) is 0 Å². The number of fused-ring (bicyclic) bond motifs is 1. The van der Waals surface area contributed by atoms with Crippen molar-refractivity contribution in [3.63, 3.8) is 0 Å². The van der Waals surface area contributed by atoms with Crippen molar-refractivity contribution >= 4 is 11.0 Å². The fraction of sp³-hybridized carbons (Fsp3) is 0.318. The number of hydrogen-bond donors (Lipinski definition) is 0. The van der Waals surface area contributed by atoms with E-state index in [1.165, 1.54) is 0 Å². The Morgan fingerprint density at radius 2 is 1.89 bits per heavy atom. The van der Waals surface area contributed by atoms with Crippen LogP contribution in [0, 0.1) is 0 Å². The van der Waals surface area contributed by atoms with Crippen LogP contribution in [0.3, 0.4) is 0 Å². The summed E-state index contributed by atoms with van der Waals surface area (Å²) < 4.78 is 22.6. The van der Waals surface area contributed by atoms with E-state index in [1.54, 1.807) is 14.2 Å². The first kappa shape index (κ1) is 17.6. The lowest BCUT2D eigenvalue weighted by molar-refractivity contribution is 0.117. The highest BCUT2D eigenvalue weighted by atomic mass is 16.5. The topological polar surface area (TPSA) is 53.2 Å². The Labute approximate surface area is 158 Å². The van der Waals surface area contributed by atoms with E-state index < -0.39 is 0 Å². The summed E-state index contributed by atoms with van der Waals surface area (Å²) >= 11 is 0. The summed E-state index contributed by atoms with van der Waals surface area (Å²) in [6.07, 6.45) is 2.40. The molecule has 0 radical (unpaired) electrons. The molecule has 2 heterocycles. The summed E-state index contributed by atoms with van der Waals surface area (Å²) in [6, 6.07) is 15.7. The molecule has 3 aromatic rings. The Kier molecular flexibility index (Phi) is 5.12. The van der Waals surface area contributed by atoms with Gasteiger partial charge in [0.2, 0.25) is 0 Å². The molecule has 0 amide bonds. The van der Waals surface area contributed by atoms with Crippen LogP contribution in [0.25, 0.3) is 22.3 Å². The van der Waals surface area contributed by atoms with E-state index in [2.05, 4.69) is 0 Å². The maximum atomic E-state index is 6.15. The number of nitrogens with zero attached hydrogens (tertiary/aromatic N) is 1. The van der Waals surface area contributed by atoms with Crippen LogP contribution in [0.1, 0.15) is 12.8 Å². The predicted octanol–water partition coefficient (Wildman–Crippen LogP) is 4.20. The lowest BCUT2D eigenvalue weighted by Crippen LogP contribution is -2.13. The van der Waals surface area contributed by atoms with Gasteiger partial charge in [-0.15, -0.1) is 0 Å². The molecule has 1 saturated heterocycles. The van der Waals surface area contributed by atoms with Gasteiger partial charge in [-0.2, -0.15) is 0 Å². The van der Waals surface area contributed by atoms with Gasteiger partial charge >= 0.3 is 0 Å². The number of ether oxygens (including phenoxy) is 3. The van der Waals surface area contributed by atoms with Crippen molar-refractivity contribution in [3.05, 3.63) is 53.9 Å². The molecule has 0 saturated carbocycles. The highest BCUT2D eigenvalue weighted by Crippen LogP contribution is 2.32. The van der Waals surface area contributed by atoms with Gasteiger partial charge < -0.3 is 18.6 Å². The standard InChI is InChI=1S/C22H23NO4/c1-24-20-10-9-15(12-22(20)25-2)21-13-18(23-14-16-6-5-11-26-16)17-7-3-4-8-19(17)27-21/h3-4,7-10,12-13,16H,5-6,11,14H2,1-2H3/t16-/m0/s1. The van der Waals surface area contributed by atoms with Gasteiger partial charge in [0, 0.05) is 23.6 Å².